The van der Waals surface area contributed by atoms with E-state index in [1.54, 1.807) is 0 Å². The van der Waals surface area contributed by atoms with Crippen molar-refractivity contribution in [1.82, 2.24) is 9.47 Å². The number of carbonyl (C=O) groups is 1. The first-order valence-corrected chi connectivity index (χ1v) is 11.2. The molecule has 0 bridgehead atoms. The number of nitrogens with zero attached hydrogens (tertiary/aromatic N) is 3. The van der Waals surface area contributed by atoms with Gasteiger partial charge < -0.3 is 14.7 Å². The Balaban J connectivity index is 1.83. The summed E-state index contributed by atoms with van der Waals surface area (Å²) in [7, 11) is 4.01. The summed E-state index contributed by atoms with van der Waals surface area (Å²) in [6.07, 6.45) is 0. The molecule has 0 amide bonds. The highest BCUT2D eigenvalue weighted by atomic mass is 16.5. The van der Waals surface area contributed by atoms with Crippen LogP contribution >= 0.6 is 0 Å². The molecular formula is C28H29N3O3. The number of aromatic nitrogens is 1. The Hall–Kier alpha value is -3.90. The van der Waals surface area contributed by atoms with Crippen LogP contribution in [0.5, 0.6) is 11.6 Å². The summed E-state index contributed by atoms with van der Waals surface area (Å²) in [4.78, 5) is 19.4. The van der Waals surface area contributed by atoms with Gasteiger partial charge in [0.2, 0.25) is 11.8 Å². The van der Waals surface area contributed by atoms with Gasteiger partial charge in [0, 0.05) is 24.4 Å². The zero-order valence-corrected chi connectivity index (χ0v) is 19.9. The number of carbonyl (C=O) groups excluding carboxylic acids is 1. The number of aryl methyl sites for hydroxylation is 1. The molecule has 0 spiro atoms. The molecule has 0 aliphatic carbocycles. The van der Waals surface area contributed by atoms with Crippen LogP contribution in [-0.2, 0) is 0 Å². The highest BCUT2D eigenvalue weighted by molar-refractivity contribution is 6.23. The Bertz CT molecular complexity index is 1340. The molecular weight excluding hydrogens is 426 g/mol. The molecule has 0 fully saturated rings. The molecule has 6 heteroatoms. The van der Waals surface area contributed by atoms with Crippen LogP contribution in [0.4, 0.5) is 5.69 Å². The van der Waals surface area contributed by atoms with Crippen LogP contribution in [0.2, 0.25) is 0 Å². The Kier molecular flexibility index (Phi) is 6.80. The fourth-order valence-electron chi connectivity index (χ4n) is 3.89. The van der Waals surface area contributed by atoms with Crippen LogP contribution in [0.3, 0.4) is 0 Å². The van der Waals surface area contributed by atoms with Gasteiger partial charge in [-0.05, 0) is 56.9 Å². The molecule has 1 aromatic heterocycles. The summed E-state index contributed by atoms with van der Waals surface area (Å²) >= 11 is 0. The lowest BCUT2D eigenvalue weighted by Crippen LogP contribution is -2.19. The number of rotatable bonds is 7. The zero-order chi connectivity index (χ0) is 24.2. The van der Waals surface area contributed by atoms with Crippen LogP contribution in [0.1, 0.15) is 28.4 Å². The molecule has 3 aromatic carbocycles. The molecule has 1 heterocycles. The first-order chi connectivity index (χ1) is 16.3. The van der Waals surface area contributed by atoms with Crippen molar-refractivity contribution >= 4 is 28.2 Å². The van der Waals surface area contributed by atoms with Gasteiger partial charge in [-0.2, -0.15) is 0 Å². The normalized spacial score (nSPS) is 11.9. The first kappa shape index (κ1) is 23.3. The summed E-state index contributed by atoms with van der Waals surface area (Å²) < 4.78 is 7.14. The Labute approximate surface area is 199 Å². The average Bonchev–Trinajstić information content (AvgIpc) is 3.09. The minimum atomic E-state index is -0.258. The predicted octanol–water partition coefficient (Wildman–Crippen LogP) is 5.42. The van der Waals surface area contributed by atoms with E-state index in [0.29, 0.717) is 29.1 Å². The van der Waals surface area contributed by atoms with Gasteiger partial charge in [0.25, 0.3) is 0 Å². The molecule has 0 radical (unpaired) electrons. The first-order valence-electron chi connectivity index (χ1n) is 11.2. The summed E-state index contributed by atoms with van der Waals surface area (Å²) in [6.45, 7) is 4.83. The van der Waals surface area contributed by atoms with Crippen molar-refractivity contribution in [3.8, 4) is 11.6 Å². The third kappa shape index (κ3) is 4.87. The number of hydrogen-bond acceptors (Lipinski definition) is 5. The van der Waals surface area contributed by atoms with E-state index in [4.69, 9.17) is 9.73 Å². The molecule has 0 saturated carbocycles. The second kappa shape index (κ2) is 9.93. The Morgan fingerprint density at radius 2 is 1.74 bits per heavy atom. The summed E-state index contributed by atoms with van der Waals surface area (Å²) in [5, 5.41) is 12.0. The van der Waals surface area contributed by atoms with E-state index >= 15 is 0 Å². The van der Waals surface area contributed by atoms with E-state index in [-0.39, 0.29) is 11.8 Å². The van der Waals surface area contributed by atoms with Gasteiger partial charge in [0.05, 0.1) is 22.5 Å². The summed E-state index contributed by atoms with van der Waals surface area (Å²) in [6, 6.07) is 23.0. The van der Waals surface area contributed by atoms with Gasteiger partial charge in [-0.25, -0.2) is 4.99 Å². The molecule has 0 aliphatic heterocycles. The molecule has 4 rings (SSSR count). The molecule has 6 nitrogen and oxygen atoms in total. The summed E-state index contributed by atoms with van der Waals surface area (Å²) in [5.41, 5.74) is 4.34. The van der Waals surface area contributed by atoms with Crippen LogP contribution in [-0.4, -0.2) is 53.4 Å². The lowest BCUT2D eigenvalue weighted by molar-refractivity contribution is 0.0933. The molecule has 174 valence electrons. The molecule has 0 aliphatic rings. The Morgan fingerprint density at radius 3 is 2.38 bits per heavy atom. The number of aliphatic imine (C=N–C) groups is 1. The maximum atomic E-state index is 12.4. The van der Waals surface area contributed by atoms with E-state index in [1.807, 2.05) is 93.8 Å². The van der Waals surface area contributed by atoms with Crippen LogP contribution in [0, 0.1) is 6.92 Å². The van der Waals surface area contributed by atoms with E-state index < -0.39 is 0 Å². The van der Waals surface area contributed by atoms with E-state index in [9.17, 15) is 9.90 Å². The molecule has 1 N–H and O–H groups in total. The largest absolute Gasteiger partial charge is 0.494 e. The van der Waals surface area contributed by atoms with Crippen molar-refractivity contribution in [2.75, 3.05) is 27.2 Å². The maximum absolute atomic E-state index is 12.4. The fraction of sp³-hybridized carbons (Fsp3) is 0.214. The summed E-state index contributed by atoms with van der Waals surface area (Å²) in [5.74, 6) is 0.402. The van der Waals surface area contributed by atoms with Crippen LogP contribution < -0.4 is 4.74 Å². The molecule has 4 aromatic rings. The standard InChI is InChI=1S/C28H29N3O3/c1-19-10-15-24-25(18-19)31(20(2)32)28(33)26(24)27(21-8-6-5-7-9-21)29-22-11-13-23(14-12-22)34-17-16-30(3)4/h5-15,18,33H,16-17H2,1-4H3. The fourth-order valence-corrected chi connectivity index (χ4v) is 3.89. The van der Waals surface area contributed by atoms with Crippen molar-refractivity contribution in [1.29, 1.82) is 0 Å². The SMILES string of the molecule is CC(=O)n1c(O)c(C(=Nc2ccc(OCCN(C)C)cc2)c2ccccc2)c2ccc(C)cc21. The number of benzene rings is 3. The highest BCUT2D eigenvalue weighted by Crippen LogP contribution is 2.35. The van der Waals surface area contributed by atoms with Crippen LogP contribution in [0.15, 0.2) is 77.8 Å². The van der Waals surface area contributed by atoms with Crippen molar-refractivity contribution in [3.63, 3.8) is 0 Å². The second-order valence-corrected chi connectivity index (χ2v) is 8.55. The van der Waals surface area contributed by atoms with Crippen molar-refractivity contribution < 1.29 is 14.6 Å². The van der Waals surface area contributed by atoms with Crippen molar-refractivity contribution in [2.45, 2.75) is 13.8 Å². The third-order valence-corrected chi connectivity index (χ3v) is 5.58. The molecule has 0 unspecified atom stereocenters. The molecule has 34 heavy (non-hydrogen) atoms. The Morgan fingerprint density at radius 1 is 1.03 bits per heavy atom. The van der Waals surface area contributed by atoms with Gasteiger partial charge in [0.1, 0.15) is 12.4 Å². The highest BCUT2D eigenvalue weighted by Gasteiger charge is 2.24. The lowest BCUT2D eigenvalue weighted by atomic mass is 10.0. The number of aromatic hydroxyl groups is 1. The monoisotopic (exact) mass is 455 g/mol. The number of fused-ring (bicyclic) bond motifs is 1. The van der Waals surface area contributed by atoms with Crippen LogP contribution in [0.25, 0.3) is 10.9 Å². The third-order valence-electron chi connectivity index (χ3n) is 5.58. The van der Waals surface area contributed by atoms with E-state index in [2.05, 4.69) is 4.90 Å². The minimum absolute atomic E-state index is 0.112. The van der Waals surface area contributed by atoms with E-state index in [0.717, 1.165) is 28.8 Å². The smallest absolute Gasteiger partial charge is 0.230 e. The van der Waals surface area contributed by atoms with E-state index in [1.165, 1.54) is 11.5 Å². The van der Waals surface area contributed by atoms with Gasteiger partial charge in [-0.3, -0.25) is 9.36 Å². The number of ether oxygens (including phenoxy) is 1. The van der Waals surface area contributed by atoms with Crippen molar-refractivity contribution in [3.05, 3.63) is 89.5 Å². The number of likely N-dealkylation sites (N-methyl/N-ethyl adjacent to an activating group) is 1. The quantitative estimate of drug-likeness (QED) is 0.378. The van der Waals surface area contributed by atoms with Gasteiger partial charge >= 0.3 is 0 Å². The topological polar surface area (TPSA) is 67.1 Å². The molecule has 0 saturated heterocycles. The molecule has 0 atom stereocenters. The second-order valence-electron chi connectivity index (χ2n) is 8.55. The number of hydrogen-bond donors (Lipinski definition) is 1. The predicted molar refractivity (Wildman–Crippen MR) is 137 cm³/mol. The van der Waals surface area contributed by atoms with Gasteiger partial charge in [0.15, 0.2) is 0 Å². The average molecular weight is 456 g/mol. The lowest BCUT2D eigenvalue weighted by Gasteiger charge is -2.11. The zero-order valence-electron chi connectivity index (χ0n) is 19.9. The minimum Gasteiger partial charge on any atom is -0.494 e. The van der Waals surface area contributed by atoms with Crippen molar-refractivity contribution in [2.24, 2.45) is 4.99 Å². The van der Waals surface area contributed by atoms with Gasteiger partial charge in [-0.1, -0.05) is 42.5 Å². The van der Waals surface area contributed by atoms with Gasteiger partial charge in [-0.15, -0.1) is 0 Å². The maximum Gasteiger partial charge on any atom is 0.230 e.